The molecule has 4 nitrogen and oxygen atoms in total. The van der Waals surface area contributed by atoms with Crippen molar-refractivity contribution in [3.8, 4) is 0 Å². The number of rotatable bonds is 4. The fourth-order valence-electron chi connectivity index (χ4n) is 0.788. The van der Waals surface area contributed by atoms with Gasteiger partial charge in [-0.1, -0.05) is 56.0 Å². The van der Waals surface area contributed by atoms with Gasteiger partial charge < -0.3 is 5.32 Å². The first kappa shape index (κ1) is 14.2. The second-order valence-corrected chi connectivity index (χ2v) is 7.02. The molecule has 1 N–H and O–H groups in total. The number of amides is 1. The first-order valence-corrected chi connectivity index (χ1v) is 7.01. The molecule has 0 fully saturated rings. The number of carbonyl (C=O) groups excluding carboxylic acids is 1. The predicted octanol–water partition coefficient (Wildman–Crippen LogP) is 3.19. The number of carbonyl (C=O) groups is 1. The maximum absolute atomic E-state index is 11.7. The van der Waals surface area contributed by atoms with E-state index in [1.807, 2.05) is 27.7 Å². The average molecular weight is 271 g/mol. The Morgan fingerprint density at radius 2 is 2.12 bits per heavy atom. The minimum Gasteiger partial charge on any atom is -0.300 e. The van der Waals surface area contributed by atoms with Crippen molar-refractivity contribution in [3.05, 3.63) is 12.2 Å². The van der Waals surface area contributed by atoms with Crippen LogP contribution in [-0.4, -0.2) is 21.9 Å². The van der Waals surface area contributed by atoms with Crippen LogP contribution < -0.4 is 5.32 Å². The van der Waals surface area contributed by atoms with Crippen molar-refractivity contribution in [2.24, 2.45) is 5.41 Å². The summed E-state index contributed by atoms with van der Waals surface area (Å²) >= 11 is 2.96. The van der Waals surface area contributed by atoms with Crippen LogP contribution in [0.25, 0.3) is 0 Å². The topological polar surface area (TPSA) is 54.9 Å². The zero-order valence-corrected chi connectivity index (χ0v) is 12.2. The Bertz CT molecular complexity index is 421. The van der Waals surface area contributed by atoms with Crippen molar-refractivity contribution < 1.29 is 4.79 Å². The van der Waals surface area contributed by atoms with Gasteiger partial charge in [-0.3, -0.25) is 4.79 Å². The maximum atomic E-state index is 11.7. The van der Waals surface area contributed by atoms with E-state index in [9.17, 15) is 4.79 Å². The molecular formula is C11H17N3OS2. The molecule has 0 aliphatic rings. The van der Waals surface area contributed by atoms with Crippen molar-refractivity contribution in [1.29, 1.82) is 0 Å². The van der Waals surface area contributed by atoms with Crippen LogP contribution in [0.4, 0.5) is 5.13 Å². The zero-order chi connectivity index (χ0) is 13.1. The molecule has 0 saturated carbocycles. The molecule has 1 aromatic rings. The molecule has 0 aromatic carbocycles. The summed E-state index contributed by atoms with van der Waals surface area (Å²) in [5, 5.41) is 11.2. The minimum absolute atomic E-state index is 0.0508. The Morgan fingerprint density at radius 1 is 1.47 bits per heavy atom. The highest BCUT2D eigenvalue weighted by atomic mass is 32.2. The third kappa shape index (κ3) is 4.87. The lowest BCUT2D eigenvalue weighted by molar-refractivity contribution is -0.123. The van der Waals surface area contributed by atoms with Gasteiger partial charge in [-0.2, -0.15) is 0 Å². The molecule has 17 heavy (non-hydrogen) atoms. The smallest absolute Gasteiger partial charge is 0.231 e. The zero-order valence-electron chi connectivity index (χ0n) is 10.5. The van der Waals surface area contributed by atoms with Crippen LogP contribution in [0.3, 0.4) is 0 Å². The van der Waals surface area contributed by atoms with Gasteiger partial charge >= 0.3 is 0 Å². The Kier molecular flexibility index (Phi) is 4.70. The summed E-state index contributed by atoms with van der Waals surface area (Å²) in [5.74, 6) is 0.770. The standard InChI is InChI=1S/C11H17N3OS2/c1-7(2)6-16-10-14-13-9(17-10)12-8(15)11(3,4)5/h1,6H2,2-5H3,(H,12,13,15). The first-order chi connectivity index (χ1) is 7.79. The van der Waals surface area contributed by atoms with Crippen LogP contribution in [0.5, 0.6) is 0 Å². The van der Waals surface area contributed by atoms with Crippen molar-refractivity contribution in [2.75, 3.05) is 11.1 Å². The second kappa shape index (κ2) is 5.64. The lowest BCUT2D eigenvalue weighted by Gasteiger charge is -2.15. The number of nitrogens with one attached hydrogen (secondary N) is 1. The normalized spacial score (nSPS) is 11.3. The summed E-state index contributed by atoms with van der Waals surface area (Å²) in [7, 11) is 0. The van der Waals surface area contributed by atoms with Crippen molar-refractivity contribution in [1.82, 2.24) is 10.2 Å². The van der Waals surface area contributed by atoms with Crippen LogP contribution in [-0.2, 0) is 4.79 Å². The van der Waals surface area contributed by atoms with E-state index >= 15 is 0 Å². The molecular weight excluding hydrogens is 254 g/mol. The van der Waals surface area contributed by atoms with E-state index in [0.29, 0.717) is 5.13 Å². The third-order valence-electron chi connectivity index (χ3n) is 1.75. The summed E-state index contributed by atoms with van der Waals surface area (Å²) in [6.45, 7) is 11.4. The van der Waals surface area contributed by atoms with Crippen molar-refractivity contribution >= 4 is 34.1 Å². The van der Waals surface area contributed by atoms with Gasteiger partial charge in [0, 0.05) is 11.2 Å². The summed E-state index contributed by atoms with van der Waals surface area (Å²) < 4.78 is 0.845. The monoisotopic (exact) mass is 271 g/mol. The number of aromatic nitrogens is 2. The van der Waals surface area contributed by atoms with Crippen LogP contribution >= 0.6 is 23.1 Å². The van der Waals surface area contributed by atoms with Gasteiger partial charge in [0.25, 0.3) is 0 Å². The van der Waals surface area contributed by atoms with Gasteiger partial charge in [-0.25, -0.2) is 0 Å². The molecule has 0 unspecified atom stereocenters. The van der Waals surface area contributed by atoms with Gasteiger partial charge in [-0.15, -0.1) is 10.2 Å². The van der Waals surface area contributed by atoms with E-state index in [2.05, 4.69) is 22.1 Å². The molecule has 0 aliphatic heterocycles. The molecule has 1 amide bonds. The largest absolute Gasteiger partial charge is 0.300 e. The highest BCUT2D eigenvalue weighted by Crippen LogP contribution is 2.27. The van der Waals surface area contributed by atoms with Gasteiger partial charge in [0.15, 0.2) is 4.34 Å². The molecule has 0 bridgehead atoms. The van der Waals surface area contributed by atoms with Crippen LogP contribution in [0.2, 0.25) is 0 Å². The molecule has 0 aliphatic carbocycles. The van der Waals surface area contributed by atoms with E-state index in [1.54, 1.807) is 11.8 Å². The Hall–Kier alpha value is -0.880. The Balaban J connectivity index is 2.57. The van der Waals surface area contributed by atoms with Gasteiger partial charge in [0.2, 0.25) is 11.0 Å². The predicted molar refractivity (Wildman–Crippen MR) is 73.5 cm³/mol. The molecule has 1 heterocycles. The van der Waals surface area contributed by atoms with E-state index in [1.165, 1.54) is 11.3 Å². The fraction of sp³-hybridized carbons (Fsp3) is 0.545. The molecule has 0 saturated heterocycles. The van der Waals surface area contributed by atoms with E-state index in [-0.39, 0.29) is 5.91 Å². The number of nitrogens with zero attached hydrogens (tertiary/aromatic N) is 2. The first-order valence-electron chi connectivity index (χ1n) is 5.21. The molecule has 6 heteroatoms. The van der Waals surface area contributed by atoms with E-state index in [4.69, 9.17) is 0 Å². The number of hydrogen-bond donors (Lipinski definition) is 1. The minimum atomic E-state index is -0.420. The van der Waals surface area contributed by atoms with Crippen LogP contribution in [0, 0.1) is 5.41 Å². The van der Waals surface area contributed by atoms with Gasteiger partial charge in [0.05, 0.1) is 0 Å². The van der Waals surface area contributed by atoms with Gasteiger partial charge in [0.1, 0.15) is 0 Å². The molecule has 0 spiro atoms. The third-order valence-corrected chi connectivity index (χ3v) is 3.95. The molecule has 94 valence electrons. The van der Waals surface area contributed by atoms with Crippen LogP contribution in [0.15, 0.2) is 16.5 Å². The number of thioether (sulfide) groups is 1. The summed E-state index contributed by atoms with van der Waals surface area (Å²) in [6, 6.07) is 0. The molecule has 0 radical (unpaired) electrons. The van der Waals surface area contributed by atoms with Gasteiger partial charge in [-0.05, 0) is 6.92 Å². The highest BCUT2D eigenvalue weighted by Gasteiger charge is 2.22. The van der Waals surface area contributed by atoms with E-state index in [0.717, 1.165) is 15.7 Å². The number of hydrogen-bond acceptors (Lipinski definition) is 5. The van der Waals surface area contributed by atoms with Crippen LogP contribution in [0.1, 0.15) is 27.7 Å². The molecule has 1 rings (SSSR count). The Labute approximate surface area is 110 Å². The summed E-state index contributed by atoms with van der Waals surface area (Å²) in [6.07, 6.45) is 0. The van der Waals surface area contributed by atoms with E-state index < -0.39 is 5.41 Å². The quantitative estimate of drug-likeness (QED) is 0.519. The molecule has 1 aromatic heterocycles. The van der Waals surface area contributed by atoms with Crippen molar-refractivity contribution in [3.63, 3.8) is 0 Å². The fourth-order valence-corrected chi connectivity index (χ4v) is 2.38. The summed E-state index contributed by atoms with van der Waals surface area (Å²) in [5.41, 5.74) is 0.668. The highest BCUT2D eigenvalue weighted by molar-refractivity contribution is 8.01. The maximum Gasteiger partial charge on any atom is 0.231 e. The summed E-state index contributed by atoms with van der Waals surface area (Å²) in [4.78, 5) is 11.7. The Morgan fingerprint density at radius 3 is 2.65 bits per heavy atom. The van der Waals surface area contributed by atoms with Crippen molar-refractivity contribution in [2.45, 2.75) is 32.0 Å². The number of anilines is 1. The SMILES string of the molecule is C=C(C)CSc1nnc(NC(=O)C(C)(C)C)s1. The molecule has 0 atom stereocenters. The second-order valence-electron chi connectivity index (χ2n) is 4.82. The lowest BCUT2D eigenvalue weighted by atomic mass is 9.96. The average Bonchev–Trinajstić information content (AvgIpc) is 2.61. The lowest BCUT2D eigenvalue weighted by Crippen LogP contribution is -2.27.